The van der Waals surface area contributed by atoms with Gasteiger partial charge in [-0.3, -0.25) is 5.10 Å². The van der Waals surface area contributed by atoms with Crippen LogP contribution in [0.1, 0.15) is 5.56 Å². The number of aromatic amines is 1. The number of aryl methyl sites for hydroxylation is 1. The number of anilines is 3. The number of nitrogens with zero attached hydrogens (tertiary/aromatic N) is 3. The van der Waals surface area contributed by atoms with Crippen molar-refractivity contribution < 1.29 is 4.39 Å². The molecule has 0 aliphatic carbocycles. The van der Waals surface area contributed by atoms with Crippen LogP contribution >= 0.6 is 0 Å². The van der Waals surface area contributed by atoms with Gasteiger partial charge in [0.25, 0.3) is 0 Å². The molecule has 20 heavy (non-hydrogen) atoms. The Bertz CT molecular complexity index is 767. The molecule has 0 aliphatic heterocycles. The first-order valence-electron chi connectivity index (χ1n) is 6.09. The number of rotatable bonds is 3. The van der Waals surface area contributed by atoms with Gasteiger partial charge in [0.15, 0.2) is 5.65 Å². The van der Waals surface area contributed by atoms with Crippen LogP contribution < -0.4 is 10.6 Å². The van der Waals surface area contributed by atoms with E-state index >= 15 is 0 Å². The van der Waals surface area contributed by atoms with Crippen molar-refractivity contribution in [3.8, 4) is 0 Å². The molecule has 0 aliphatic rings. The number of hydrogen-bond donors (Lipinski definition) is 3. The third kappa shape index (κ3) is 2.13. The van der Waals surface area contributed by atoms with E-state index in [9.17, 15) is 4.39 Å². The summed E-state index contributed by atoms with van der Waals surface area (Å²) in [5, 5.41) is 13.5. The molecule has 6 nitrogen and oxygen atoms in total. The van der Waals surface area contributed by atoms with Crippen molar-refractivity contribution in [3.05, 3.63) is 35.8 Å². The van der Waals surface area contributed by atoms with Gasteiger partial charge in [0.1, 0.15) is 11.6 Å². The van der Waals surface area contributed by atoms with Crippen LogP contribution in [0, 0.1) is 12.7 Å². The SMILES string of the molecule is CNc1nc(Nc2cc(F)ccc2C)c2cn[nH]c2n1. The van der Waals surface area contributed by atoms with Crippen LogP contribution in [0.2, 0.25) is 0 Å². The third-order valence-corrected chi connectivity index (χ3v) is 2.99. The highest BCUT2D eigenvalue weighted by Crippen LogP contribution is 2.26. The Labute approximate surface area is 114 Å². The van der Waals surface area contributed by atoms with E-state index < -0.39 is 0 Å². The molecule has 3 aromatic rings. The van der Waals surface area contributed by atoms with Gasteiger partial charge in [0.2, 0.25) is 5.95 Å². The number of benzene rings is 1. The molecule has 0 radical (unpaired) electrons. The molecule has 2 heterocycles. The summed E-state index contributed by atoms with van der Waals surface area (Å²) in [6, 6.07) is 4.57. The smallest absolute Gasteiger partial charge is 0.226 e. The molecular formula is C13H13FN6. The van der Waals surface area contributed by atoms with Crippen LogP contribution in [0.4, 0.5) is 21.8 Å². The topological polar surface area (TPSA) is 78.5 Å². The maximum atomic E-state index is 13.3. The summed E-state index contributed by atoms with van der Waals surface area (Å²) >= 11 is 0. The van der Waals surface area contributed by atoms with Crippen molar-refractivity contribution in [3.63, 3.8) is 0 Å². The average Bonchev–Trinajstić information content (AvgIpc) is 2.91. The summed E-state index contributed by atoms with van der Waals surface area (Å²) in [6.45, 7) is 1.90. The van der Waals surface area contributed by atoms with Gasteiger partial charge >= 0.3 is 0 Å². The van der Waals surface area contributed by atoms with Gasteiger partial charge < -0.3 is 10.6 Å². The van der Waals surface area contributed by atoms with E-state index in [4.69, 9.17) is 0 Å². The normalized spacial score (nSPS) is 10.8. The van der Waals surface area contributed by atoms with Gasteiger partial charge in [-0.1, -0.05) is 6.07 Å². The third-order valence-electron chi connectivity index (χ3n) is 2.99. The molecule has 0 unspecified atom stereocenters. The number of hydrogen-bond acceptors (Lipinski definition) is 5. The monoisotopic (exact) mass is 272 g/mol. The van der Waals surface area contributed by atoms with Gasteiger partial charge in [-0.2, -0.15) is 15.1 Å². The van der Waals surface area contributed by atoms with Crippen molar-refractivity contribution in [1.82, 2.24) is 20.2 Å². The Morgan fingerprint density at radius 3 is 2.90 bits per heavy atom. The largest absolute Gasteiger partial charge is 0.357 e. The molecule has 1 aromatic carbocycles. The van der Waals surface area contributed by atoms with Crippen molar-refractivity contribution in [2.24, 2.45) is 0 Å². The predicted molar refractivity (Wildman–Crippen MR) is 75.7 cm³/mol. The van der Waals surface area contributed by atoms with Crippen LogP contribution in [0.3, 0.4) is 0 Å². The molecule has 0 spiro atoms. The molecule has 102 valence electrons. The van der Waals surface area contributed by atoms with E-state index in [1.54, 1.807) is 19.3 Å². The first-order chi connectivity index (χ1) is 9.67. The van der Waals surface area contributed by atoms with Gasteiger partial charge in [-0.15, -0.1) is 0 Å². The molecule has 0 saturated heterocycles. The number of H-pyrrole nitrogens is 1. The highest BCUT2D eigenvalue weighted by atomic mass is 19.1. The van der Waals surface area contributed by atoms with Crippen LogP contribution in [-0.2, 0) is 0 Å². The van der Waals surface area contributed by atoms with E-state index in [1.807, 2.05) is 6.92 Å². The van der Waals surface area contributed by atoms with Gasteiger partial charge in [0, 0.05) is 12.7 Å². The number of fused-ring (bicyclic) bond motifs is 1. The first-order valence-corrected chi connectivity index (χ1v) is 6.09. The van der Waals surface area contributed by atoms with Crippen LogP contribution in [-0.4, -0.2) is 27.2 Å². The molecule has 2 aromatic heterocycles. The van der Waals surface area contributed by atoms with Crippen LogP contribution in [0.15, 0.2) is 24.4 Å². The second kappa shape index (κ2) is 4.76. The Balaban J connectivity index is 2.09. The fourth-order valence-electron chi connectivity index (χ4n) is 1.90. The van der Waals surface area contributed by atoms with Gasteiger partial charge in [0.05, 0.1) is 11.6 Å². The average molecular weight is 272 g/mol. The fraction of sp³-hybridized carbons (Fsp3) is 0.154. The second-order valence-electron chi connectivity index (χ2n) is 4.36. The van der Waals surface area contributed by atoms with Crippen molar-refractivity contribution in [1.29, 1.82) is 0 Å². The van der Waals surface area contributed by atoms with E-state index in [1.165, 1.54) is 12.1 Å². The van der Waals surface area contributed by atoms with E-state index in [-0.39, 0.29) is 5.82 Å². The maximum Gasteiger partial charge on any atom is 0.226 e. The lowest BCUT2D eigenvalue weighted by molar-refractivity contribution is 0.628. The highest BCUT2D eigenvalue weighted by molar-refractivity contribution is 5.89. The lowest BCUT2D eigenvalue weighted by atomic mass is 10.2. The Morgan fingerprint density at radius 1 is 1.25 bits per heavy atom. The number of aromatic nitrogens is 4. The van der Waals surface area contributed by atoms with E-state index in [0.29, 0.717) is 23.1 Å². The summed E-state index contributed by atoms with van der Waals surface area (Å²) < 4.78 is 13.3. The zero-order valence-electron chi connectivity index (χ0n) is 11.0. The molecule has 3 rings (SSSR count). The summed E-state index contributed by atoms with van der Waals surface area (Å²) in [7, 11) is 1.73. The standard InChI is InChI=1S/C13H13FN6/c1-7-3-4-8(14)5-10(7)17-11-9-6-16-20-12(9)19-13(15-2)18-11/h3-6H,1-2H3,(H3,15,16,17,18,19,20). The number of halogens is 1. The Morgan fingerprint density at radius 2 is 2.10 bits per heavy atom. The molecule has 0 saturated carbocycles. The predicted octanol–water partition coefficient (Wildman–Crippen LogP) is 2.59. The summed E-state index contributed by atoms with van der Waals surface area (Å²) in [5.74, 6) is 0.726. The summed E-state index contributed by atoms with van der Waals surface area (Å²) in [4.78, 5) is 8.58. The summed E-state index contributed by atoms with van der Waals surface area (Å²) in [6.07, 6.45) is 1.63. The molecule has 3 N–H and O–H groups in total. The minimum absolute atomic E-state index is 0.301. The first kappa shape index (κ1) is 12.3. The fourth-order valence-corrected chi connectivity index (χ4v) is 1.90. The molecule has 0 fully saturated rings. The molecule has 0 atom stereocenters. The maximum absolute atomic E-state index is 13.3. The molecule has 0 bridgehead atoms. The quantitative estimate of drug-likeness (QED) is 0.683. The lowest BCUT2D eigenvalue weighted by Gasteiger charge is -2.10. The lowest BCUT2D eigenvalue weighted by Crippen LogP contribution is -2.02. The Kier molecular flexibility index (Phi) is 2.94. The van der Waals surface area contributed by atoms with E-state index in [2.05, 4.69) is 30.8 Å². The zero-order chi connectivity index (χ0) is 14.1. The van der Waals surface area contributed by atoms with E-state index in [0.717, 1.165) is 10.9 Å². The van der Waals surface area contributed by atoms with Crippen LogP contribution in [0.25, 0.3) is 11.0 Å². The minimum atomic E-state index is -0.301. The zero-order valence-corrected chi connectivity index (χ0v) is 11.0. The van der Waals surface area contributed by atoms with Gasteiger partial charge in [-0.05, 0) is 24.6 Å². The highest BCUT2D eigenvalue weighted by Gasteiger charge is 2.10. The Hall–Kier alpha value is -2.70. The summed E-state index contributed by atoms with van der Waals surface area (Å²) in [5.41, 5.74) is 2.20. The van der Waals surface area contributed by atoms with Crippen molar-refractivity contribution in [2.75, 3.05) is 17.7 Å². The second-order valence-corrected chi connectivity index (χ2v) is 4.36. The molecule has 0 amide bonds. The van der Waals surface area contributed by atoms with Gasteiger partial charge in [-0.25, -0.2) is 4.39 Å². The molecular weight excluding hydrogens is 259 g/mol. The molecule has 7 heteroatoms. The van der Waals surface area contributed by atoms with Crippen molar-refractivity contribution >= 4 is 28.5 Å². The number of nitrogens with one attached hydrogen (secondary N) is 3. The van der Waals surface area contributed by atoms with Crippen LogP contribution in [0.5, 0.6) is 0 Å². The van der Waals surface area contributed by atoms with Crippen molar-refractivity contribution in [2.45, 2.75) is 6.92 Å². The minimum Gasteiger partial charge on any atom is -0.357 e.